The quantitative estimate of drug-likeness (QED) is 0.0632. The molecule has 2 heterocycles. The number of hydrogen-bond acceptors (Lipinski definition) is 10. The summed E-state index contributed by atoms with van der Waals surface area (Å²) >= 11 is 6.60. The van der Waals surface area contributed by atoms with Crippen LogP contribution < -0.4 is 13.8 Å². The molecular weight excluding hydrogens is 769 g/mol. The van der Waals surface area contributed by atoms with Gasteiger partial charge >= 0.3 is 21.6 Å². The van der Waals surface area contributed by atoms with Gasteiger partial charge < -0.3 is 18.6 Å². The molecule has 0 radical (unpaired) electrons. The zero-order chi connectivity index (χ0) is 33.4. The molecule has 1 fully saturated rings. The van der Waals surface area contributed by atoms with E-state index < -0.39 is 51.2 Å². The van der Waals surface area contributed by atoms with E-state index in [1.54, 1.807) is 36.4 Å². The maximum absolute atomic E-state index is 13.9. The molecule has 5 rings (SSSR count). The molecule has 0 aliphatic carbocycles. The largest absolute Gasteiger partial charge is 0.534 e. The summed E-state index contributed by atoms with van der Waals surface area (Å²) in [5.41, 5.74) is -5.37. The van der Waals surface area contributed by atoms with Gasteiger partial charge in [0.1, 0.15) is 17.8 Å². The van der Waals surface area contributed by atoms with Crippen LogP contribution in [0.5, 0.6) is 11.5 Å². The van der Waals surface area contributed by atoms with Crippen molar-refractivity contribution in [3.05, 3.63) is 80.7 Å². The van der Waals surface area contributed by atoms with Crippen molar-refractivity contribution in [2.75, 3.05) is 11.4 Å². The maximum Gasteiger partial charge on any atom is 0.534 e. The first-order chi connectivity index (χ1) is 21.7. The molecule has 2 amide bonds. The first kappa shape index (κ1) is 33.6. The number of aldehydes is 1. The lowest BCUT2D eigenvalue weighted by Gasteiger charge is -2.37. The molecule has 0 N–H and O–H groups in total. The van der Waals surface area contributed by atoms with Crippen LogP contribution >= 0.6 is 31.9 Å². The second-order valence-electron chi connectivity index (χ2n) is 9.94. The van der Waals surface area contributed by atoms with E-state index >= 15 is 0 Å². The Morgan fingerprint density at radius 2 is 1.57 bits per heavy atom. The van der Waals surface area contributed by atoms with Crippen LogP contribution in [0.1, 0.15) is 36.3 Å². The summed E-state index contributed by atoms with van der Waals surface area (Å²) in [6, 6.07) is 14.8. The number of para-hydroxylation sites is 2. The van der Waals surface area contributed by atoms with Gasteiger partial charge in [-0.3, -0.25) is 19.2 Å². The number of anilines is 2. The molecule has 2 unspecified atom stereocenters. The van der Waals surface area contributed by atoms with Gasteiger partial charge in [-0.25, -0.2) is 0 Å². The number of carbonyl (C=O) groups is 4. The number of carbonyl (C=O) groups excluding carboxylic acids is 4. The highest BCUT2D eigenvalue weighted by atomic mass is 79.9. The van der Waals surface area contributed by atoms with E-state index in [0.29, 0.717) is 26.0 Å². The first-order valence-electron chi connectivity index (χ1n) is 13.4. The standard InChI is InChI=1S/C29H21Br2F3N2O9S/c30-18-6-3-7-19(31)27(18)43-28(40)25-17-5-1-2-8-20(17)35(14-13-16(15-37)44-36-23(38)11-12-24(36)39)21-9-4-10-22(26(21)25)45-46(41,42)29(32,33)34/h1-10,15-16,25H,11-14H2. The highest BCUT2D eigenvalue weighted by Crippen LogP contribution is 2.51. The summed E-state index contributed by atoms with van der Waals surface area (Å²) in [5, 5.41) is 0.525. The molecule has 3 aromatic rings. The van der Waals surface area contributed by atoms with Crippen molar-refractivity contribution < 1.29 is 54.5 Å². The van der Waals surface area contributed by atoms with Gasteiger partial charge in [-0.2, -0.15) is 26.7 Å². The third-order valence-corrected chi connectivity index (χ3v) is 9.25. The normalized spacial score (nSPS) is 16.9. The van der Waals surface area contributed by atoms with E-state index in [4.69, 9.17) is 9.57 Å². The van der Waals surface area contributed by atoms with E-state index in [2.05, 4.69) is 36.0 Å². The Kier molecular flexibility index (Phi) is 9.58. The van der Waals surface area contributed by atoms with E-state index in [0.717, 1.165) is 6.07 Å². The SMILES string of the molecule is O=CC(CCN1c2ccccc2C(C(=O)Oc2c(Br)cccc2Br)c2c(OS(=O)(=O)C(F)(F)F)cccc21)ON1C(=O)CCC1=O. The van der Waals surface area contributed by atoms with Gasteiger partial charge in [0, 0.05) is 42.7 Å². The lowest BCUT2D eigenvalue weighted by molar-refractivity contribution is -0.200. The number of hydroxylamine groups is 2. The fourth-order valence-corrected chi connectivity index (χ4v) is 6.63. The average molecular weight is 790 g/mol. The summed E-state index contributed by atoms with van der Waals surface area (Å²) in [4.78, 5) is 56.8. The minimum Gasteiger partial charge on any atom is -0.423 e. The molecule has 0 aromatic heterocycles. The van der Waals surface area contributed by atoms with E-state index in [-0.39, 0.29) is 48.4 Å². The lowest BCUT2D eigenvalue weighted by Crippen LogP contribution is -2.37. The Hall–Kier alpha value is -3.80. The summed E-state index contributed by atoms with van der Waals surface area (Å²) in [6.07, 6.45) is -1.19. The van der Waals surface area contributed by atoms with Crippen molar-refractivity contribution in [3.8, 4) is 11.5 Å². The highest BCUT2D eigenvalue weighted by molar-refractivity contribution is 9.11. The minimum absolute atomic E-state index is 0.0623. The van der Waals surface area contributed by atoms with E-state index in [1.165, 1.54) is 23.1 Å². The molecule has 46 heavy (non-hydrogen) atoms. The number of rotatable bonds is 10. The molecule has 2 aliphatic rings. The van der Waals surface area contributed by atoms with Gasteiger partial charge in [-0.15, -0.1) is 0 Å². The number of hydrogen-bond donors (Lipinski definition) is 0. The summed E-state index contributed by atoms with van der Waals surface area (Å²) < 4.78 is 75.7. The Morgan fingerprint density at radius 1 is 0.957 bits per heavy atom. The Morgan fingerprint density at radius 3 is 2.20 bits per heavy atom. The Labute approximate surface area is 276 Å². The van der Waals surface area contributed by atoms with E-state index in [9.17, 15) is 40.8 Å². The number of esters is 1. The van der Waals surface area contributed by atoms with Crippen LogP contribution in [0.4, 0.5) is 24.5 Å². The van der Waals surface area contributed by atoms with Crippen LogP contribution in [-0.4, -0.2) is 55.7 Å². The molecular formula is C29H21Br2F3N2O9S. The van der Waals surface area contributed by atoms with Gasteiger partial charge in [0.25, 0.3) is 11.8 Å². The van der Waals surface area contributed by atoms with Gasteiger partial charge in [0.15, 0.2) is 12.0 Å². The van der Waals surface area contributed by atoms with Crippen LogP contribution in [0.3, 0.4) is 0 Å². The van der Waals surface area contributed by atoms with E-state index in [1.807, 2.05) is 0 Å². The Bertz CT molecular complexity index is 1800. The second kappa shape index (κ2) is 13.1. The smallest absolute Gasteiger partial charge is 0.423 e. The van der Waals surface area contributed by atoms with Crippen molar-refractivity contribution >= 4 is 77.4 Å². The van der Waals surface area contributed by atoms with Crippen LogP contribution in [0, 0.1) is 0 Å². The van der Waals surface area contributed by atoms with Crippen molar-refractivity contribution in [3.63, 3.8) is 0 Å². The van der Waals surface area contributed by atoms with Crippen molar-refractivity contribution in [1.29, 1.82) is 0 Å². The summed E-state index contributed by atoms with van der Waals surface area (Å²) in [7, 11) is -6.18. The molecule has 17 heteroatoms. The molecule has 0 bridgehead atoms. The van der Waals surface area contributed by atoms with Crippen molar-refractivity contribution in [1.82, 2.24) is 5.06 Å². The minimum atomic E-state index is -6.18. The van der Waals surface area contributed by atoms with Crippen LogP contribution in [0.25, 0.3) is 0 Å². The van der Waals surface area contributed by atoms with Gasteiger partial charge in [-0.1, -0.05) is 30.3 Å². The number of fused-ring (bicyclic) bond motifs is 2. The van der Waals surface area contributed by atoms with Crippen LogP contribution in [-0.2, 0) is 34.1 Å². The lowest BCUT2D eigenvalue weighted by atomic mass is 9.84. The number of benzene rings is 3. The second-order valence-corrected chi connectivity index (χ2v) is 13.2. The topological polar surface area (TPSA) is 137 Å². The predicted molar refractivity (Wildman–Crippen MR) is 161 cm³/mol. The maximum atomic E-state index is 13.9. The monoisotopic (exact) mass is 788 g/mol. The predicted octanol–water partition coefficient (Wildman–Crippen LogP) is 5.67. The molecule has 0 saturated carbocycles. The zero-order valence-electron chi connectivity index (χ0n) is 23.2. The fraction of sp³-hybridized carbons (Fsp3) is 0.241. The number of imide groups is 1. The molecule has 11 nitrogen and oxygen atoms in total. The first-order valence-corrected chi connectivity index (χ1v) is 16.4. The number of ether oxygens (including phenoxy) is 1. The number of alkyl halides is 3. The van der Waals surface area contributed by atoms with Crippen LogP contribution in [0.2, 0.25) is 0 Å². The Balaban J connectivity index is 1.59. The molecule has 0 spiro atoms. The third kappa shape index (κ3) is 6.54. The summed E-state index contributed by atoms with van der Waals surface area (Å²) in [6.45, 7) is -0.101. The van der Waals surface area contributed by atoms with Crippen LogP contribution in [0.15, 0.2) is 69.6 Å². The molecule has 2 atom stereocenters. The van der Waals surface area contributed by atoms with Crippen molar-refractivity contribution in [2.24, 2.45) is 0 Å². The molecule has 1 saturated heterocycles. The molecule has 3 aromatic carbocycles. The van der Waals surface area contributed by atoms with Gasteiger partial charge in [0.05, 0.1) is 8.95 Å². The third-order valence-electron chi connectivity index (χ3n) is 7.04. The highest BCUT2D eigenvalue weighted by Gasteiger charge is 2.50. The number of nitrogens with zero attached hydrogens (tertiary/aromatic N) is 2. The van der Waals surface area contributed by atoms with Gasteiger partial charge in [0.2, 0.25) is 0 Å². The zero-order valence-corrected chi connectivity index (χ0v) is 27.2. The van der Waals surface area contributed by atoms with Gasteiger partial charge in [-0.05, 0) is 67.8 Å². The number of amides is 2. The molecule has 242 valence electrons. The summed E-state index contributed by atoms with van der Waals surface area (Å²) in [5.74, 6) is -4.40. The average Bonchev–Trinajstić information content (AvgIpc) is 3.31. The molecule has 2 aliphatic heterocycles. The fourth-order valence-electron chi connectivity index (χ4n) is 4.99. The number of halogens is 5. The van der Waals surface area contributed by atoms with Crippen molar-refractivity contribution in [2.45, 2.75) is 36.8 Å².